The van der Waals surface area contributed by atoms with Gasteiger partial charge in [-0.05, 0) is 62.3 Å². The molecular formula is C41H54N6O7. The van der Waals surface area contributed by atoms with E-state index in [0.717, 1.165) is 16.6 Å². The molecule has 0 fully saturated rings. The number of hydrogen-bond acceptors (Lipinski definition) is 10. The van der Waals surface area contributed by atoms with Gasteiger partial charge >= 0.3 is 12.2 Å². The van der Waals surface area contributed by atoms with E-state index in [-0.39, 0.29) is 26.1 Å². The number of carbonyl (C=O) groups is 3. The van der Waals surface area contributed by atoms with Gasteiger partial charge in [-0.25, -0.2) is 14.6 Å². The number of benzene rings is 3. The highest BCUT2D eigenvalue weighted by Crippen LogP contribution is 2.21. The van der Waals surface area contributed by atoms with E-state index in [4.69, 9.17) is 9.47 Å². The maximum absolute atomic E-state index is 13.9. The predicted octanol–water partition coefficient (Wildman–Crippen LogP) is 4.45. The highest BCUT2D eigenvalue weighted by Gasteiger charge is 2.36. The fourth-order valence-corrected chi connectivity index (χ4v) is 5.73. The van der Waals surface area contributed by atoms with Gasteiger partial charge in [0.05, 0.1) is 47.2 Å². The molecule has 3 amide bonds. The number of fused-ring (bicyclic) bond motifs is 1. The number of rotatable bonds is 16. The van der Waals surface area contributed by atoms with E-state index >= 15 is 0 Å². The van der Waals surface area contributed by atoms with Crippen LogP contribution in [-0.4, -0.2) is 87.3 Å². The van der Waals surface area contributed by atoms with Gasteiger partial charge in [-0.1, -0.05) is 93.6 Å². The van der Waals surface area contributed by atoms with Crippen molar-refractivity contribution in [2.45, 2.75) is 96.9 Å². The Morgan fingerprint density at radius 3 is 1.74 bits per heavy atom. The summed E-state index contributed by atoms with van der Waals surface area (Å²) in [6, 6.07) is 23.7. The molecule has 0 aliphatic heterocycles. The lowest BCUT2D eigenvalue weighted by Crippen LogP contribution is -2.58. The second kappa shape index (κ2) is 19.3. The third-order valence-corrected chi connectivity index (χ3v) is 8.50. The fraction of sp³-hybridized carbons (Fsp3) is 0.439. The number of alkyl carbamates (subject to hydrolysis) is 2. The molecule has 0 spiro atoms. The number of aromatic nitrogens is 2. The van der Waals surface area contributed by atoms with E-state index in [9.17, 15) is 24.6 Å². The number of para-hydroxylation sites is 2. The molecule has 4 rings (SSSR count). The summed E-state index contributed by atoms with van der Waals surface area (Å²) in [5, 5.41) is 34.2. The minimum atomic E-state index is -1.10. The van der Waals surface area contributed by atoms with E-state index < -0.39 is 59.4 Å². The SMILES string of the molecule is CC(C)(C)OC(=O)N[C@@H](Cc1ccccc1)[C@H](O)CNC[C@@H](O)[C@H](Cc1ccccc1)NC(=O)[C@@H](NC(=O)OCc1cnc2ccccc2n1)C(C)(C)C. The Balaban J connectivity index is 1.40. The minimum Gasteiger partial charge on any atom is -0.444 e. The Morgan fingerprint density at radius 2 is 1.20 bits per heavy atom. The molecule has 13 heteroatoms. The van der Waals surface area contributed by atoms with E-state index in [0.29, 0.717) is 17.6 Å². The number of carbonyl (C=O) groups excluding carboxylic acids is 3. The highest BCUT2D eigenvalue weighted by molar-refractivity contribution is 5.86. The van der Waals surface area contributed by atoms with Gasteiger partial charge in [0.15, 0.2) is 0 Å². The Labute approximate surface area is 317 Å². The second-order valence-corrected chi connectivity index (χ2v) is 15.4. The van der Waals surface area contributed by atoms with Crippen LogP contribution in [0.25, 0.3) is 11.0 Å². The first-order valence-corrected chi connectivity index (χ1v) is 18.2. The lowest BCUT2D eigenvalue weighted by molar-refractivity contribution is -0.127. The number of nitrogens with one attached hydrogen (secondary N) is 4. The molecule has 0 radical (unpaired) electrons. The molecule has 5 atom stereocenters. The maximum Gasteiger partial charge on any atom is 0.408 e. The van der Waals surface area contributed by atoms with E-state index in [1.807, 2.05) is 106 Å². The van der Waals surface area contributed by atoms with Crippen molar-refractivity contribution >= 4 is 29.1 Å². The Hall–Kier alpha value is -5.11. The molecule has 0 unspecified atom stereocenters. The summed E-state index contributed by atoms with van der Waals surface area (Å²) in [6.07, 6.45) is -1.44. The van der Waals surface area contributed by atoms with Crippen LogP contribution in [0.15, 0.2) is 91.1 Å². The Bertz CT molecular complexity index is 1800. The van der Waals surface area contributed by atoms with Crippen molar-refractivity contribution in [1.29, 1.82) is 0 Å². The molecule has 4 aromatic rings. The quantitative estimate of drug-likeness (QED) is 0.0960. The number of amides is 3. The van der Waals surface area contributed by atoms with Gasteiger partial charge in [0.1, 0.15) is 18.2 Å². The average molecular weight is 743 g/mol. The molecule has 54 heavy (non-hydrogen) atoms. The van der Waals surface area contributed by atoms with Crippen LogP contribution in [0.3, 0.4) is 0 Å². The van der Waals surface area contributed by atoms with Gasteiger partial charge < -0.3 is 41.0 Å². The predicted molar refractivity (Wildman–Crippen MR) is 206 cm³/mol. The van der Waals surface area contributed by atoms with Crippen LogP contribution in [-0.2, 0) is 33.7 Å². The second-order valence-electron chi connectivity index (χ2n) is 15.4. The molecule has 0 saturated carbocycles. The Kier molecular flexibility index (Phi) is 14.9. The van der Waals surface area contributed by atoms with Crippen molar-refractivity contribution in [3.63, 3.8) is 0 Å². The van der Waals surface area contributed by atoms with Gasteiger partial charge in [0.2, 0.25) is 5.91 Å². The monoisotopic (exact) mass is 742 g/mol. The Morgan fingerprint density at radius 1 is 0.685 bits per heavy atom. The zero-order chi connectivity index (χ0) is 39.3. The first-order valence-electron chi connectivity index (χ1n) is 18.2. The molecule has 290 valence electrons. The van der Waals surface area contributed by atoms with Crippen LogP contribution < -0.4 is 21.3 Å². The van der Waals surface area contributed by atoms with Crippen molar-refractivity contribution in [2.75, 3.05) is 13.1 Å². The molecule has 0 aliphatic carbocycles. The van der Waals surface area contributed by atoms with Gasteiger partial charge in [0.25, 0.3) is 0 Å². The molecule has 3 aromatic carbocycles. The van der Waals surface area contributed by atoms with Gasteiger partial charge in [-0.15, -0.1) is 0 Å². The molecule has 0 saturated heterocycles. The molecule has 0 aliphatic rings. The molecule has 0 bridgehead atoms. The maximum atomic E-state index is 13.9. The molecule has 13 nitrogen and oxygen atoms in total. The van der Waals surface area contributed by atoms with Crippen LogP contribution >= 0.6 is 0 Å². The largest absolute Gasteiger partial charge is 0.444 e. The van der Waals surface area contributed by atoms with Crippen molar-refractivity contribution < 1.29 is 34.1 Å². The van der Waals surface area contributed by atoms with E-state index in [1.54, 1.807) is 20.8 Å². The van der Waals surface area contributed by atoms with Gasteiger partial charge in [0, 0.05) is 13.1 Å². The minimum absolute atomic E-state index is 0.00177. The van der Waals surface area contributed by atoms with Crippen molar-refractivity contribution in [2.24, 2.45) is 5.41 Å². The zero-order valence-electron chi connectivity index (χ0n) is 31.9. The topological polar surface area (TPSA) is 184 Å². The van der Waals surface area contributed by atoms with Gasteiger partial charge in [-0.3, -0.25) is 9.78 Å². The molecule has 1 aromatic heterocycles. The van der Waals surface area contributed by atoms with Crippen LogP contribution in [0.5, 0.6) is 0 Å². The smallest absolute Gasteiger partial charge is 0.408 e. The lowest BCUT2D eigenvalue weighted by Gasteiger charge is -2.33. The van der Waals surface area contributed by atoms with Crippen LogP contribution in [0.2, 0.25) is 0 Å². The summed E-state index contributed by atoms with van der Waals surface area (Å²) in [7, 11) is 0. The number of aliphatic hydroxyl groups is 2. The first-order chi connectivity index (χ1) is 25.6. The van der Waals surface area contributed by atoms with Crippen molar-refractivity contribution in [1.82, 2.24) is 31.2 Å². The van der Waals surface area contributed by atoms with Crippen LogP contribution in [0, 0.1) is 5.41 Å². The van der Waals surface area contributed by atoms with Gasteiger partial charge in [-0.2, -0.15) is 0 Å². The summed E-state index contributed by atoms with van der Waals surface area (Å²) in [5.41, 5.74) is 2.18. The summed E-state index contributed by atoms with van der Waals surface area (Å²) >= 11 is 0. The number of hydrogen-bond donors (Lipinski definition) is 6. The fourth-order valence-electron chi connectivity index (χ4n) is 5.73. The lowest BCUT2D eigenvalue weighted by atomic mass is 9.85. The van der Waals surface area contributed by atoms with Crippen LogP contribution in [0.4, 0.5) is 9.59 Å². The number of ether oxygens (including phenoxy) is 2. The van der Waals surface area contributed by atoms with E-state index in [1.165, 1.54) is 6.20 Å². The van der Waals surface area contributed by atoms with Crippen molar-refractivity contribution in [3.05, 3.63) is 108 Å². The molecular weight excluding hydrogens is 688 g/mol. The third-order valence-electron chi connectivity index (χ3n) is 8.50. The van der Waals surface area contributed by atoms with Crippen LogP contribution in [0.1, 0.15) is 58.4 Å². The standard InChI is InChI=1S/C41H54N6O7/c1-40(2,3)36(47-38(51)53-26-29-23-43-30-19-13-14-20-31(30)44-29)37(50)45-32(21-27-15-9-7-10-16-27)34(48)24-42-25-35(49)33(22-28-17-11-8-12-18-28)46-39(52)54-41(4,5)6/h7-20,23,32-36,42,48-49H,21-22,24-26H2,1-6H3,(H,45,50)(H,46,52)(H,47,51)/t32-,33-,34+,35+,36+/m0/s1. The number of aliphatic hydroxyl groups excluding tert-OH is 2. The summed E-state index contributed by atoms with van der Waals surface area (Å²) < 4.78 is 10.9. The van der Waals surface area contributed by atoms with Crippen molar-refractivity contribution in [3.8, 4) is 0 Å². The number of nitrogens with zero attached hydrogens (tertiary/aromatic N) is 2. The third kappa shape index (κ3) is 13.7. The van der Waals surface area contributed by atoms with E-state index in [2.05, 4.69) is 31.2 Å². The zero-order valence-corrected chi connectivity index (χ0v) is 31.9. The molecule has 1 heterocycles. The summed E-state index contributed by atoms with van der Waals surface area (Å²) in [6.45, 7) is 10.6. The average Bonchev–Trinajstić information content (AvgIpc) is 3.11. The first kappa shape index (κ1) is 41.6. The summed E-state index contributed by atoms with van der Waals surface area (Å²) in [4.78, 5) is 48.3. The molecule has 6 N–H and O–H groups in total. The highest BCUT2D eigenvalue weighted by atomic mass is 16.6. The normalized spacial score (nSPS) is 14.6. The summed E-state index contributed by atoms with van der Waals surface area (Å²) in [5.74, 6) is -0.505.